The molecule has 0 spiro atoms. The normalized spacial score (nSPS) is 16.6. The number of nitrogens with zero attached hydrogens (tertiary/aromatic N) is 1. The van der Waals surface area contributed by atoms with Crippen molar-refractivity contribution in [3.8, 4) is 0 Å². The molecule has 1 unspecified atom stereocenters. The van der Waals surface area contributed by atoms with Gasteiger partial charge < -0.3 is 0 Å². The average molecular weight is 289 g/mol. The van der Waals surface area contributed by atoms with Crippen LogP contribution in [0.5, 0.6) is 0 Å². The first-order valence-corrected chi connectivity index (χ1v) is 7.95. The van der Waals surface area contributed by atoms with Crippen LogP contribution in [0.15, 0.2) is 24.3 Å². The third-order valence-electron chi connectivity index (χ3n) is 4.61. The minimum atomic E-state index is -0.207. The second kappa shape index (κ2) is 7.57. The van der Waals surface area contributed by atoms with Crippen molar-refractivity contribution in [2.75, 3.05) is 13.1 Å². The Hall–Kier alpha value is -1.39. The summed E-state index contributed by atoms with van der Waals surface area (Å²) < 4.78 is 0. The summed E-state index contributed by atoms with van der Waals surface area (Å²) in [5.74, 6) is 5.73. The van der Waals surface area contributed by atoms with E-state index in [4.69, 9.17) is 5.84 Å². The first-order valence-electron chi connectivity index (χ1n) is 7.95. The lowest BCUT2D eigenvalue weighted by Crippen LogP contribution is -2.33. The fourth-order valence-electron chi connectivity index (χ4n) is 2.79. The summed E-state index contributed by atoms with van der Waals surface area (Å²) in [6.45, 7) is 7.38. The van der Waals surface area contributed by atoms with Gasteiger partial charge in [0.25, 0.3) is 0 Å². The molecule has 1 aliphatic carbocycles. The molecule has 116 valence electrons. The summed E-state index contributed by atoms with van der Waals surface area (Å²) >= 11 is 0. The Labute approximate surface area is 127 Å². The van der Waals surface area contributed by atoms with E-state index in [1.807, 2.05) is 19.1 Å². The highest BCUT2D eigenvalue weighted by atomic mass is 16.2. The number of nitrogens with one attached hydrogen (secondary N) is 1. The molecule has 1 amide bonds. The van der Waals surface area contributed by atoms with Crippen LogP contribution < -0.4 is 11.3 Å². The second-order valence-electron chi connectivity index (χ2n) is 6.10. The van der Waals surface area contributed by atoms with Crippen molar-refractivity contribution in [1.82, 2.24) is 10.3 Å². The zero-order valence-corrected chi connectivity index (χ0v) is 13.1. The number of hydrogen-bond donors (Lipinski definition) is 2. The Kier molecular flexibility index (Phi) is 5.76. The maximum Gasteiger partial charge on any atom is 0.241 e. The number of carbonyl (C=O) groups excluding carboxylic acids is 1. The van der Waals surface area contributed by atoms with Gasteiger partial charge in [-0.25, -0.2) is 5.84 Å². The average Bonchev–Trinajstić information content (AvgIpc) is 2.48. The van der Waals surface area contributed by atoms with Crippen molar-refractivity contribution in [2.45, 2.75) is 45.6 Å². The van der Waals surface area contributed by atoms with Gasteiger partial charge in [0.1, 0.15) is 0 Å². The minimum Gasteiger partial charge on any atom is -0.299 e. The van der Waals surface area contributed by atoms with Crippen LogP contribution in [0, 0.1) is 5.92 Å². The first-order chi connectivity index (χ1) is 10.1. The number of rotatable bonds is 7. The molecule has 0 aromatic heterocycles. The molecule has 3 N–H and O–H groups in total. The Morgan fingerprint density at radius 2 is 2.05 bits per heavy atom. The molecule has 0 radical (unpaired) electrons. The number of carbonyl (C=O) groups is 1. The second-order valence-corrected chi connectivity index (χ2v) is 6.10. The summed E-state index contributed by atoms with van der Waals surface area (Å²) in [6, 6.07) is 8.32. The molecule has 1 atom stereocenters. The quantitative estimate of drug-likeness (QED) is 0.460. The molecule has 1 saturated carbocycles. The Balaban J connectivity index is 1.92. The number of hydrazine groups is 1. The number of hydrogen-bond acceptors (Lipinski definition) is 3. The minimum absolute atomic E-state index is 0.150. The van der Waals surface area contributed by atoms with E-state index in [0.717, 1.165) is 24.6 Å². The molecular weight excluding hydrogens is 262 g/mol. The molecule has 0 aliphatic heterocycles. The predicted molar refractivity (Wildman–Crippen MR) is 85.5 cm³/mol. The molecule has 0 heterocycles. The van der Waals surface area contributed by atoms with Gasteiger partial charge in [0.2, 0.25) is 5.91 Å². The maximum atomic E-state index is 11.5. The van der Waals surface area contributed by atoms with Gasteiger partial charge in [0.15, 0.2) is 0 Å². The van der Waals surface area contributed by atoms with E-state index >= 15 is 0 Å². The summed E-state index contributed by atoms with van der Waals surface area (Å²) in [4.78, 5) is 14.0. The van der Waals surface area contributed by atoms with Gasteiger partial charge in [-0.3, -0.25) is 15.1 Å². The smallest absolute Gasteiger partial charge is 0.241 e. The standard InChI is InChI=1S/C17H27N3O/c1-3-20(11-14-5-4-6-14)12-15-7-9-16(10-8-15)13(2)17(21)19-18/h7-10,13-14H,3-6,11-12,18H2,1-2H3,(H,19,21). The summed E-state index contributed by atoms with van der Waals surface area (Å²) in [5.41, 5.74) is 4.52. The molecule has 4 heteroatoms. The Morgan fingerprint density at radius 3 is 2.52 bits per heavy atom. The highest BCUT2D eigenvalue weighted by Gasteiger charge is 2.20. The van der Waals surface area contributed by atoms with Crippen LogP contribution in [0.2, 0.25) is 0 Å². The van der Waals surface area contributed by atoms with E-state index < -0.39 is 0 Å². The van der Waals surface area contributed by atoms with Crippen molar-refractivity contribution in [2.24, 2.45) is 11.8 Å². The van der Waals surface area contributed by atoms with Gasteiger partial charge in [-0.2, -0.15) is 0 Å². The molecule has 21 heavy (non-hydrogen) atoms. The maximum absolute atomic E-state index is 11.5. The molecule has 0 saturated heterocycles. The summed E-state index contributed by atoms with van der Waals surface area (Å²) in [5, 5.41) is 0. The summed E-state index contributed by atoms with van der Waals surface area (Å²) in [7, 11) is 0. The number of benzene rings is 1. The van der Waals surface area contributed by atoms with Crippen molar-refractivity contribution in [3.05, 3.63) is 35.4 Å². The molecule has 1 aromatic carbocycles. The van der Waals surface area contributed by atoms with Gasteiger partial charge in [0, 0.05) is 13.1 Å². The fourth-order valence-corrected chi connectivity index (χ4v) is 2.79. The van der Waals surface area contributed by atoms with Crippen molar-refractivity contribution < 1.29 is 4.79 Å². The van der Waals surface area contributed by atoms with Gasteiger partial charge >= 0.3 is 0 Å². The van der Waals surface area contributed by atoms with Crippen molar-refractivity contribution in [1.29, 1.82) is 0 Å². The first kappa shape index (κ1) is 16.0. The van der Waals surface area contributed by atoms with Gasteiger partial charge in [-0.1, -0.05) is 37.6 Å². The van der Waals surface area contributed by atoms with Crippen LogP contribution in [-0.2, 0) is 11.3 Å². The van der Waals surface area contributed by atoms with Crippen molar-refractivity contribution in [3.63, 3.8) is 0 Å². The van der Waals surface area contributed by atoms with E-state index in [9.17, 15) is 4.79 Å². The van der Waals surface area contributed by atoms with Crippen LogP contribution in [0.3, 0.4) is 0 Å². The lowest BCUT2D eigenvalue weighted by Gasteiger charge is -2.31. The van der Waals surface area contributed by atoms with E-state index in [2.05, 4.69) is 29.4 Å². The Morgan fingerprint density at radius 1 is 1.38 bits per heavy atom. The van der Waals surface area contributed by atoms with E-state index in [0.29, 0.717) is 0 Å². The van der Waals surface area contributed by atoms with Crippen LogP contribution in [-0.4, -0.2) is 23.9 Å². The fraction of sp³-hybridized carbons (Fsp3) is 0.588. The highest BCUT2D eigenvalue weighted by molar-refractivity contribution is 5.82. The molecular formula is C17H27N3O. The molecule has 1 aliphatic rings. The molecule has 2 rings (SSSR count). The zero-order chi connectivity index (χ0) is 15.2. The number of nitrogens with two attached hydrogens (primary N) is 1. The Bertz CT molecular complexity index is 454. The lowest BCUT2D eigenvalue weighted by atomic mass is 9.85. The van der Waals surface area contributed by atoms with Crippen LogP contribution in [0.4, 0.5) is 0 Å². The molecule has 0 bridgehead atoms. The lowest BCUT2D eigenvalue weighted by molar-refractivity contribution is -0.122. The van der Waals surface area contributed by atoms with Crippen LogP contribution in [0.25, 0.3) is 0 Å². The van der Waals surface area contributed by atoms with Crippen LogP contribution in [0.1, 0.15) is 50.2 Å². The SMILES string of the molecule is CCN(Cc1ccc(C(C)C(=O)NN)cc1)CC1CCC1. The van der Waals surface area contributed by atoms with Crippen LogP contribution >= 0.6 is 0 Å². The summed E-state index contributed by atoms with van der Waals surface area (Å²) in [6.07, 6.45) is 4.18. The highest BCUT2D eigenvalue weighted by Crippen LogP contribution is 2.27. The van der Waals surface area contributed by atoms with Gasteiger partial charge in [-0.15, -0.1) is 0 Å². The molecule has 1 fully saturated rings. The van der Waals surface area contributed by atoms with E-state index in [1.54, 1.807) is 0 Å². The molecule has 1 aromatic rings. The monoisotopic (exact) mass is 289 g/mol. The van der Waals surface area contributed by atoms with Gasteiger partial charge in [0.05, 0.1) is 5.92 Å². The predicted octanol–water partition coefficient (Wildman–Crippen LogP) is 2.40. The largest absolute Gasteiger partial charge is 0.299 e. The van der Waals surface area contributed by atoms with E-state index in [1.165, 1.54) is 31.4 Å². The zero-order valence-electron chi connectivity index (χ0n) is 13.1. The topological polar surface area (TPSA) is 58.4 Å². The van der Waals surface area contributed by atoms with E-state index in [-0.39, 0.29) is 11.8 Å². The third-order valence-corrected chi connectivity index (χ3v) is 4.61. The third kappa shape index (κ3) is 4.29. The van der Waals surface area contributed by atoms with Crippen molar-refractivity contribution >= 4 is 5.91 Å². The van der Waals surface area contributed by atoms with Gasteiger partial charge in [-0.05, 0) is 43.4 Å². The number of amides is 1. The molecule has 4 nitrogen and oxygen atoms in total.